The van der Waals surface area contributed by atoms with Gasteiger partial charge in [0.05, 0.1) is 28.4 Å². The van der Waals surface area contributed by atoms with Gasteiger partial charge >= 0.3 is 0 Å². The molecular weight excluding hydrogens is 717 g/mol. The highest BCUT2D eigenvalue weighted by molar-refractivity contribution is 6.54. The van der Waals surface area contributed by atoms with Crippen LogP contribution in [0.1, 0.15) is 11.1 Å². The summed E-state index contributed by atoms with van der Waals surface area (Å²) in [6.45, 7) is 0. The van der Waals surface area contributed by atoms with Crippen LogP contribution < -0.4 is 18.9 Å². The highest BCUT2D eigenvalue weighted by atomic mass is 16.5. The summed E-state index contributed by atoms with van der Waals surface area (Å²) in [7, 11) is 7.00. The quantitative estimate of drug-likeness (QED) is 0.132. The van der Waals surface area contributed by atoms with E-state index >= 15 is 0 Å². The molecule has 5 nitrogen and oxygen atoms in total. The third kappa shape index (κ3) is 3.54. The van der Waals surface area contributed by atoms with Crippen molar-refractivity contribution in [2.24, 2.45) is 0 Å². The Labute approximate surface area is 331 Å². The third-order valence-electron chi connectivity index (χ3n) is 13.2. The van der Waals surface area contributed by atoms with E-state index in [1.54, 1.807) is 40.6 Å². The second kappa shape index (κ2) is 10.9. The number of rotatable bonds is 4. The molecule has 0 unspecified atom stereocenters. The van der Waals surface area contributed by atoms with Gasteiger partial charge in [0.25, 0.3) is 0 Å². The summed E-state index contributed by atoms with van der Waals surface area (Å²) in [5.41, 5.74) is 4.27. The molecule has 0 bridgehead atoms. The van der Waals surface area contributed by atoms with Gasteiger partial charge in [0.1, 0.15) is 23.0 Å². The summed E-state index contributed by atoms with van der Waals surface area (Å²) in [5.74, 6) is 3.00. The van der Waals surface area contributed by atoms with E-state index in [4.69, 9.17) is 18.9 Å². The molecule has 0 atom stereocenters. The molecule has 0 spiro atoms. The number of hydrogen-bond donors (Lipinski definition) is 0. The van der Waals surface area contributed by atoms with Crippen LogP contribution in [0.15, 0.2) is 127 Å². The van der Waals surface area contributed by atoms with Gasteiger partial charge < -0.3 is 18.9 Å². The summed E-state index contributed by atoms with van der Waals surface area (Å²) in [4.78, 5) is 12.9. The van der Waals surface area contributed by atoms with Crippen molar-refractivity contribution in [3.63, 3.8) is 0 Å². The van der Waals surface area contributed by atoms with E-state index in [1.165, 1.54) is 32.3 Å². The predicted molar refractivity (Wildman–Crippen MR) is 239 cm³/mol. The Balaban J connectivity index is 1.54. The molecule has 0 aliphatic heterocycles. The molecule has 0 aromatic heterocycles. The molecule has 0 fully saturated rings. The van der Waals surface area contributed by atoms with Gasteiger partial charge in [-0.15, -0.1) is 0 Å². The van der Waals surface area contributed by atoms with Crippen molar-refractivity contribution in [1.82, 2.24) is 0 Å². The Morgan fingerprint density at radius 1 is 0.328 bits per heavy atom. The first-order valence-corrected chi connectivity index (χ1v) is 19.5. The summed E-state index contributed by atoms with van der Waals surface area (Å²) in [6.07, 6.45) is 7.40. The molecule has 58 heavy (non-hydrogen) atoms. The van der Waals surface area contributed by atoms with E-state index in [9.17, 15) is 4.79 Å². The van der Waals surface area contributed by atoms with Crippen molar-refractivity contribution in [3.8, 4) is 23.0 Å². The van der Waals surface area contributed by atoms with Crippen LogP contribution >= 0.6 is 0 Å². The smallest absolute Gasteiger partial charge is 0.178 e. The lowest BCUT2D eigenvalue weighted by atomic mass is 9.79. The van der Waals surface area contributed by atoms with Crippen LogP contribution in [-0.2, 0) is 4.79 Å². The average molecular weight is 749 g/mol. The van der Waals surface area contributed by atoms with E-state index in [-0.39, 0.29) is 5.78 Å². The molecule has 11 aromatic carbocycles. The standard InChI is InChI=1S/C53H32O5/c1-55-35-23-37(57-3)44-33-17-9-15-27-28-16-10-18-34-41(28)49-48(40(27)33)52-46(31-13-7-5-11-29(31)42(35)50(44)52)39(25-19-21-26(54)22-20-25)47-32-14-8-6-12-30(32)43-36(56-2)24-38(58-4)45(34)51(43)53(47)49/h5-24H,1-4H3. The van der Waals surface area contributed by atoms with Gasteiger partial charge in [-0.05, 0) is 99.1 Å². The van der Waals surface area contributed by atoms with E-state index in [0.717, 1.165) is 121 Å². The van der Waals surface area contributed by atoms with Gasteiger partial charge in [0.15, 0.2) is 5.78 Å². The van der Waals surface area contributed by atoms with Crippen LogP contribution in [0.2, 0.25) is 0 Å². The molecule has 5 heteroatoms. The van der Waals surface area contributed by atoms with Crippen molar-refractivity contribution < 1.29 is 23.7 Å². The average Bonchev–Trinajstić information content (AvgIpc) is 3.42. The summed E-state index contributed by atoms with van der Waals surface area (Å²) in [5, 5.41) is 22.4. The Morgan fingerprint density at radius 2 is 0.655 bits per heavy atom. The van der Waals surface area contributed by atoms with Gasteiger partial charge in [-0.25, -0.2) is 0 Å². The lowest BCUT2D eigenvalue weighted by Gasteiger charge is -2.24. The number of carbonyl (C=O) groups excluding carboxylic acids is 1. The fourth-order valence-corrected chi connectivity index (χ4v) is 11.2. The highest BCUT2D eigenvalue weighted by Crippen LogP contribution is 2.61. The number of benzene rings is 11. The Kier molecular flexibility index (Phi) is 5.99. The zero-order valence-corrected chi connectivity index (χ0v) is 32.1. The molecule has 274 valence electrons. The van der Waals surface area contributed by atoms with Gasteiger partial charge in [-0.1, -0.05) is 97.1 Å². The maximum Gasteiger partial charge on any atom is 0.178 e. The normalized spacial score (nSPS) is 14.0. The van der Waals surface area contributed by atoms with Gasteiger partial charge in [0, 0.05) is 55.2 Å². The fraction of sp³-hybridized carbons (Fsp3) is 0.0755. The molecule has 2 aliphatic rings. The highest BCUT2D eigenvalue weighted by Gasteiger charge is 2.35. The first-order chi connectivity index (χ1) is 28.6. The zero-order valence-electron chi connectivity index (χ0n) is 32.1. The minimum Gasteiger partial charge on any atom is -0.496 e. The van der Waals surface area contributed by atoms with Crippen LogP contribution in [0.5, 0.6) is 23.0 Å². The van der Waals surface area contributed by atoms with Crippen molar-refractivity contribution in [1.29, 1.82) is 0 Å². The maximum absolute atomic E-state index is 12.9. The van der Waals surface area contributed by atoms with Crippen LogP contribution in [0.4, 0.5) is 0 Å². The van der Waals surface area contributed by atoms with Gasteiger partial charge in [-0.2, -0.15) is 0 Å². The summed E-state index contributed by atoms with van der Waals surface area (Å²) in [6, 6.07) is 35.0. The van der Waals surface area contributed by atoms with Crippen LogP contribution in [0.25, 0.3) is 113 Å². The second-order valence-corrected chi connectivity index (χ2v) is 15.5. The fourth-order valence-electron chi connectivity index (χ4n) is 11.2. The molecule has 0 saturated heterocycles. The van der Waals surface area contributed by atoms with Crippen molar-refractivity contribution in [2.75, 3.05) is 28.4 Å². The Bertz CT molecular complexity index is 3600. The topological polar surface area (TPSA) is 54.0 Å². The number of allylic oxidation sites excluding steroid dienone is 5. The predicted octanol–water partition coefficient (Wildman–Crippen LogP) is 12.9. The number of ether oxygens (including phenoxy) is 4. The maximum atomic E-state index is 12.9. The number of ketones is 1. The minimum absolute atomic E-state index is 0.0320. The molecule has 0 amide bonds. The first kappa shape index (κ1) is 31.8. The van der Waals surface area contributed by atoms with E-state index in [0.29, 0.717) is 0 Å². The monoisotopic (exact) mass is 748 g/mol. The number of carbonyl (C=O) groups is 1. The lowest BCUT2D eigenvalue weighted by molar-refractivity contribution is -0.110. The van der Waals surface area contributed by atoms with Crippen LogP contribution in [0, 0.1) is 0 Å². The van der Waals surface area contributed by atoms with E-state index < -0.39 is 0 Å². The number of fused-ring (bicyclic) bond motifs is 9. The molecule has 13 rings (SSSR count). The van der Waals surface area contributed by atoms with Crippen molar-refractivity contribution >= 4 is 119 Å². The third-order valence-corrected chi connectivity index (χ3v) is 13.2. The Hall–Kier alpha value is -7.37. The SMILES string of the molecule is COc1cc(OC)c2c3cccc4c5cccc6c7c(OC)cc(OC)c8c9ccccc9c9c(c87)c(c56)c(c5c(c6ccccc6c1c25)C9=C1C=CC(=O)C=C1)c43. The van der Waals surface area contributed by atoms with E-state index in [2.05, 4.69) is 97.1 Å². The van der Waals surface area contributed by atoms with E-state index in [1.807, 2.05) is 12.2 Å². The molecular formula is C53H32O5. The molecule has 0 radical (unpaired) electrons. The Morgan fingerprint density at radius 3 is 1.07 bits per heavy atom. The number of methoxy groups -OCH3 is 4. The molecule has 0 N–H and O–H groups in total. The molecule has 2 aliphatic carbocycles. The zero-order chi connectivity index (χ0) is 38.7. The van der Waals surface area contributed by atoms with Gasteiger partial charge in [0.2, 0.25) is 0 Å². The molecule has 11 aromatic rings. The van der Waals surface area contributed by atoms with Crippen molar-refractivity contribution in [2.45, 2.75) is 0 Å². The van der Waals surface area contributed by atoms with Gasteiger partial charge in [-0.3, -0.25) is 4.79 Å². The number of hydrogen-bond acceptors (Lipinski definition) is 5. The first-order valence-electron chi connectivity index (χ1n) is 19.5. The summed E-state index contributed by atoms with van der Waals surface area (Å²) < 4.78 is 25.3. The van der Waals surface area contributed by atoms with Crippen LogP contribution in [0.3, 0.4) is 0 Å². The largest absolute Gasteiger partial charge is 0.496 e. The minimum atomic E-state index is -0.0320. The molecule has 0 heterocycles. The lowest BCUT2D eigenvalue weighted by Crippen LogP contribution is -2.02. The molecule has 0 saturated carbocycles. The van der Waals surface area contributed by atoms with Crippen LogP contribution in [-0.4, -0.2) is 34.2 Å². The summed E-state index contributed by atoms with van der Waals surface area (Å²) >= 11 is 0. The van der Waals surface area contributed by atoms with Crippen molar-refractivity contribution in [3.05, 3.63) is 138 Å². The second-order valence-electron chi connectivity index (χ2n) is 15.5.